The van der Waals surface area contributed by atoms with E-state index in [1.165, 1.54) is 7.11 Å². The first kappa shape index (κ1) is 20.7. The van der Waals surface area contributed by atoms with E-state index in [4.69, 9.17) is 20.8 Å². The molecule has 2 fully saturated rings. The molecule has 166 valence electrons. The molecule has 4 atom stereocenters. The fourth-order valence-electron chi connectivity index (χ4n) is 4.21. The zero-order valence-electron chi connectivity index (χ0n) is 16.9. The van der Waals surface area contributed by atoms with Gasteiger partial charge in [0.1, 0.15) is 23.4 Å². The smallest absolute Gasteiger partial charge is 0.316 e. The summed E-state index contributed by atoms with van der Waals surface area (Å²) in [5, 5.41) is 14.2. The molecule has 0 radical (unpaired) electrons. The third kappa shape index (κ3) is 3.77. The molecule has 10 heteroatoms. The largest absolute Gasteiger partial charge is 0.497 e. The van der Waals surface area contributed by atoms with Crippen LogP contribution in [-0.2, 0) is 4.79 Å². The van der Waals surface area contributed by atoms with Crippen LogP contribution >= 0.6 is 11.6 Å². The molecule has 3 unspecified atom stereocenters. The number of nitrogens with zero attached hydrogens (tertiary/aromatic N) is 2. The molecule has 2 aromatic carbocycles. The molecule has 1 aliphatic heterocycles. The minimum atomic E-state index is -0.966. The number of amides is 1. The van der Waals surface area contributed by atoms with E-state index in [9.17, 15) is 13.6 Å². The van der Waals surface area contributed by atoms with Gasteiger partial charge in [-0.1, -0.05) is 28.8 Å². The van der Waals surface area contributed by atoms with Gasteiger partial charge in [0.25, 0.3) is 0 Å². The number of aromatic nitrogens is 2. The molecule has 1 saturated carbocycles. The van der Waals surface area contributed by atoms with Crippen LogP contribution in [0.3, 0.4) is 0 Å². The summed E-state index contributed by atoms with van der Waals surface area (Å²) >= 11 is 5.94. The molecule has 5 rings (SSSR count). The molecular formula is C22H19ClF2N4O3. The predicted octanol–water partition coefficient (Wildman–Crippen LogP) is 3.98. The van der Waals surface area contributed by atoms with Crippen LogP contribution in [0.5, 0.6) is 5.75 Å². The van der Waals surface area contributed by atoms with Gasteiger partial charge in [-0.05, 0) is 30.0 Å². The Labute approximate surface area is 187 Å². The normalized spacial score (nSPS) is 24.3. The summed E-state index contributed by atoms with van der Waals surface area (Å²) in [6, 6.07) is 8.85. The van der Waals surface area contributed by atoms with Crippen molar-refractivity contribution in [2.45, 2.75) is 30.2 Å². The molecule has 32 heavy (non-hydrogen) atoms. The summed E-state index contributed by atoms with van der Waals surface area (Å²) in [6.07, 6.45) is 0.859. The molecule has 1 saturated heterocycles. The van der Waals surface area contributed by atoms with E-state index < -0.39 is 29.5 Å². The monoisotopic (exact) mass is 460 g/mol. The number of ether oxygens (including phenoxy) is 1. The summed E-state index contributed by atoms with van der Waals surface area (Å²) in [5.41, 5.74) is 0.930. The van der Waals surface area contributed by atoms with E-state index >= 15 is 0 Å². The highest BCUT2D eigenvalue weighted by molar-refractivity contribution is 6.30. The van der Waals surface area contributed by atoms with E-state index in [0.29, 0.717) is 10.9 Å². The van der Waals surface area contributed by atoms with Crippen molar-refractivity contribution in [2.75, 3.05) is 19.0 Å². The summed E-state index contributed by atoms with van der Waals surface area (Å²) in [5.74, 6) is -1.94. The van der Waals surface area contributed by atoms with Crippen molar-refractivity contribution in [1.82, 2.24) is 15.5 Å². The van der Waals surface area contributed by atoms with Gasteiger partial charge in [0, 0.05) is 41.1 Å². The molecule has 0 spiro atoms. The van der Waals surface area contributed by atoms with Gasteiger partial charge in [0.15, 0.2) is 0 Å². The van der Waals surface area contributed by atoms with Crippen molar-refractivity contribution in [2.24, 2.45) is 0 Å². The number of hydrogen-bond acceptors (Lipinski definition) is 6. The molecule has 2 heterocycles. The second kappa shape index (κ2) is 8.05. The number of carbonyl (C=O) groups is 1. The maximum absolute atomic E-state index is 14.6. The van der Waals surface area contributed by atoms with E-state index in [0.717, 1.165) is 24.1 Å². The lowest BCUT2D eigenvalue weighted by Crippen LogP contribution is -2.33. The summed E-state index contributed by atoms with van der Waals surface area (Å²) in [4.78, 5) is 12.4. The average molecular weight is 461 g/mol. The molecule has 1 aromatic heterocycles. The Kier molecular flexibility index (Phi) is 5.21. The maximum Gasteiger partial charge on any atom is 0.316 e. The zero-order chi connectivity index (χ0) is 22.4. The Balaban J connectivity index is 1.32. The van der Waals surface area contributed by atoms with Gasteiger partial charge in [-0.25, -0.2) is 8.78 Å². The highest BCUT2D eigenvalue weighted by atomic mass is 35.5. The highest BCUT2D eigenvalue weighted by Gasteiger charge is 2.44. The van der Waals surface area contributed by atoms with E-state index in [1.54, 1.807) is 0 Å². The molecular weight excluding hydrogens is 442 g/mol. The maximum atomic E-state index is 14.6. The standard InChI is InChI=1S/C22H19ClF2N4O3/c1-31-12-6-16(24)18(17(25)7-12)15-9-26-20(30)19(15)27-22-29-28-21(32-22)14-8-13(14)10-2-4-11(23)5-3-10/h2-7,13-15,19H,8-9H2,1H3,(H,26,30)(H,27,29)/t13?,14?,15?,19-/m1/s1. The zero-order valence-corrected chi connectivity index (χ0v) is 17.7. The van der Waals surface area contributed by atoms with Crippen molar-refractivity contribution >= 4 is 23.5 Å². The first-order valence-corrected chi connectivity index (χ1v) is 10.5. The van der Waals surface area contributed by atoms with Crippen LogP contribution in [0.25, 0.3) is 0 Å². The van der Waals surface area contributed by atoms with E-state index in [1.807, 2.05) is 24.3 Å². The average Bonchev–Trinajstić information content (AvgIpc) is 3.30. The van der Waals surface area contributed by atoms with Gasteiger partial charge in [0.05, 0.1) is 7.11 Å². The first-order chi connectivity index (χ1) is 15.4. The van der Waals surface area contributed by atoms with Crippen molar-refractivity contribution in [3.8, 4) is 5.75 Å². The Morgan fingerprint density at radius 2 is 1.84 bits per heavy atom. The lowest BCUT2D eigenvalue weighted by molar-refractivity contribution is -0.119. The van der Waals surface area contributed by atoms with Crippen LogP contribution in [0.4, 0.5) is 14.8 Å². The van der Waals surface area contributed by atoms with Gasteiger partial charge < -0.3 is 19.8 Å². The first-order valence-electron chi connectivity index (χ1n) is 10.1. The Morgan fingerprint density at radius 3 is 2.53 bits per heavy atom. The number of methoxy groups -OCH3 is 1. The van der Waals surface area contributed by atoms with Crippen molar-refractivity contribution in [3.63, 3.8) is 0 Å². The van der Waals surface area contributed by atoms with Gasteiger partial charge in [0.2, 0.25) is 11.8 Å². The van der Waals surface area contributed by atoms with Crippen molar-refractivity contribution < 1.29 is 22.7 Å². The number of carbonyl (C=O) groups excluding carboxylic acids is 1. The minimum Gasteiger partial charge on any atom is -0.497 e. The summed E-state index contributed by atoms with van der Waals surface area (Å²) in [6.45, 7) is 0.0684. The number of nitrogens with one attached hydrogen (secondary N) is 2. The van der Waals surface area contributed by atoms with Gasteiger partial charge in [-0.3, -0.25) is 4.79 Å². The molecule has 0 bridgehead atoms. The number of benzene rings is 2. The number of anilines is 1. The third-order valence-corrected chi connectivity index (χ3v) is 6.22. The van der Waals surface area contributed by atoms with Crippen LogP contribution in [0.1, 0.15) is 41.2 Å². The van der Waals surface area contributed by atoms with Crippen LogP contribution in [0.2, 0.25) is 5.02 Å². The van der Waals surface area contributed by atoms with Crippen molar-refractivity contribution in [1.29, 1.82) is 0 Å². The topological polar surface area (TPSA) is 89.3 Å². The fraction of sp³-hybridized carbons (Fsp3) is 0.318. The van der Waals surface area contributed by atoms with Crippen LogP contribution in [0, 0.1) is 11.6 Å². The Morgan fingerprint density at radius 1 is 1.12 bits per heavy atom. The summed E-state index contributed by atoms with van der Waals surface area (Å²) < 4.78 is 39.8. The molecule has 2 N–H and O–H groups in total. The summed E-state index contributed by atoms with van der Waals surface area (Å²) in [7, 11) is 1.32. The quantitative estimate of drug-likeness (QED) is 0.578. The number of hydrogen-bond donors (Lipinski definition) is 2. The highest BCUT2D eigenvalue weighted by Crippen LogP contribution is 2.54. The molecule has 3 aromatic rings. The van der Waals surface area contributed by atoms with Crippen LogP contribution in [0.15, 0.2) is 40.8 Å². The Hall–Kier alpha value is -3.20. The fourth-order valence-corrected chi connectivity index (χ4v) is 4.34. The SMILES string of the molecule is COc1cc(F)c(C2CNC(=O)[C@@H]2Nc2nnc(C3CC3c3ccc(Cl)cc3)o2)c(F)c1. The molecule has 1 amide bonds. The number of halogens is 3. The minimum absolute atomic E-state index is 0.0307. The van der Waals surface area contributed by atoms with Crippen LogP contribution < -0.4 is 15.4 Å². The van der Waals surface area contributed by atoms with E-state index in [-0.39, 0.29) is 35.7 Å². The van der Waals surface area contributed by atoms with Gasteiger partial charge in [-0.15, -0.1) is 5.10 Å². The molecule has 7 nitrogen and oxygen atoms in total. The Bertz CT molecular complexity index is 1150. The lowest BCUT2D eigenvalue weighted by Gasteiger charge is -2.19. The second-order valence-electron chi connectivity index (χ2n) is 7.92. The molecule has 2 aliphatic rings. The lowest BCUT2D eigenvalue weighted by atomic mass is 9.93. The van der Waals surface area contributed by atoms with Gasteiger partial charge >= 0.3 is 6.01 Å². The molecule has 1 aliphatic carbocycles. The third-order valence-electron chi connectivity index (χ3n) is 5.97. The number of rotatable bonds is 6. The van der Waals surface area contributed by atoms with E-state index in [2.05, 4.69) is 20.8 Å². The second-order valence-corrected chi connectivity index (χ2v) is 8.36. The van der Waals surface area contributed by atoms with Crippen molar-refractivity contribution in [3.05, 3.63) is 70.1 Å². The van der Waals surface area contributed by atoms with Gasteiger partial charge in [-0.2, -0.15) is 0 Å². The van der Waals surface area contributed by atoms with Crippen LogP contribution in [-0.4, -0.2) is 35.8 Å². The predicted molar refractivity (Wildman–Crippen MR) is 112 cm³/mol.